The Hall–Kier alpha value is -11.4. The summed E-state index contributed by atoms with van der Waals surface area (Å²) in [5.74, 6) is -8.05. The van der Waals surface area contributed by atoms with Crippen LogP contribution in [0.2, 0.25) is 0 Å². The number of likely N-dealkylation sites (tertiary alicyclic amines) is 1. The number of alkyl halides is 5. The molecule has 119 heavy (non-hydrogen) atoms. The van der Waals surface area contributed by atoms with Gasteiger partial charge in [-0.05, 0) is 182 Å². The summed E-state index contributed by atoms with van der Waals surface area (Å²) >= 11 is 0. The molecule has 7 aromatic rings. The number of anilines is 5. The van der Waals surface area contributed by atoms with E-state index < -0.39 is 112 Å². The van der Waals surface area contributed by atoms with E-state index in [0.717, 1.165) is 86.5 Å². The third-order valence-corrected chi connectivity index (χ3v) is 24.3. The maximum absolute atomic E-state index is 15.7. The van der Waals surface area contributed by atoms with Gasteiger partial charge in [0, 0.05) is 119 Å². The summed E-state index contributed by atoms with van der Waals surface area (Å²) < 4.78 is 100. The summed E-state index contributed by atoms with van der Waals surface area (Å²) in [6, 6.07) is 20.4. The number of rotatable bonds is 26. The molecule has 4 aromatic carbocycles. The highest BCUT2D eigenvalue weighted by molar-refractivity contribution is 6.27. The van der Waals surface area contributed by atoms with E-state index in [9.17, 15) is 61.1 Å². The van der Waals surface area contributed by atoms with Crippen molar-refractivity contribution in [1.29, 1.82) is 0 Å². The minimum absolute atomic E-state index is 0.0120. The van der Waals surface area contributed by atoms with Crippen LogP contribution < -0.4 is 46.3 Å². The molecular formula is C85H92F5N15O14. The van der Waals surface area contributed by atoms with Crippen LogP contribution in [0, 0.1) is 11.8 Å². The number of morpholine rings is 1. The normalized spacial score (nSPS) is 23.6. The largest absolute Gasteiger partial charge is 0.494 e. The fourth-order valence-electron chi connectivity index (χ4n) is 18.2. The fraction of sp³-hybridized carbons (Fsp3) is 0.471. The Labute approximate surface area is 681 Å². The summed E-state index contributed by atoms with van der Waals surface area (Å²) in [6.45, 7) is 7.83. The van der Waals surface area contributed by atoms with Crippen molar-refractivity contribution in [2.45, 2.75) is 164 Å². The molecule has 6 fully saturated rings. The van der Waals surface area contributed by atoms with Crippen molar-refractivity contribution < 1.29 is 88.8 Å². The Kier molecular flexibility index (Phi) is 22.6. The van der Waals surface area contributed by atoms with E-state index >= 15 is 8.78 Å². The zero-order valence-corrected chi connectivity index (χ0v) is 66.2. The topological polar surface area (TPSA) is 340 Å². The van der Waals surface area contributed by atoms with E-state index in [1.807, 2.05) is 29.7 Å². The van der Waals surface area contributed by atoms with Crippen molar-refractivity contribution in [2.75, 3.05) is 106 Å². The van der Waals surface area contributed by atoms with Crippen molar-refractivity contribution in [3.8, 4) is 11.5 Å². The first kappa shape index (κ1) is 81.4. The highest BCUT2D eigenvalue weighted by Gasteiger charge is 2.49. The Morgan fingerprint density at radius 2 is 1.34 bits per heavy atom. The second kappa shape index (κ2) is 33.1. The van der Waals surface area contributed by atoms with Gasteiger partial charge in [-0.25, -0.2) is 9.97 Å². The van der Waals surface area contributed by atoms with Crippen molar-refractivity contribution in [3.05, 3.63) is 153 Å². The SMILES string of the molecule is COc1cc2nn(C3CCC(CN4CCC(CCNc5cccc6c5C(=O)N([C@H]5CCC(=O)NC5=O)C6=O)CC4)CC3)cc2cc1NC(=O)c1cc(C2CN(c3cc4c(cc3NC(=O)c3cccc(C(F)(F)F)n3)C[C@](C)(CN(C)CCCOC3CC(Nc5cccc6c5C(=O)N(C5CCC(=O)NC5=O)C6=O)C3)O4)CCO2)cc(C(C)(F)F)n1. The number of fused-ring (bicyclic) bond motifs is 4. The van der Waals surface area contributed by atoms with Crippen LogP contribution in [0.15, 0.2) is 97.2 Å². The van der Waals surface area contributed by atoms with E-state index in [4.69, 9.17) is 24.0 Å². The molecule has 2 unspecified atom stereocenters. The third kappa shape index (κ3) is 17.2. The molecule has 626 valence electrons. The number of pyridine rings is 2. The van der Waals surface area contributed by atoms with E-state index in [1.54, 1.807) is 60.7 Å². The number of likely N-dealkylation sites (N-methyl/N-ethyl adjacent to an activating group) is 1. The van der Waals surface area contributed by atoms with Gasteiger partial charge in [0.2, 0.25) is 23.6 Å². The first-order chi connectivity index (χ1) is 57.0. The first-order valence-corrected chi connectivity index (χ1v) is 40.6. The molecule has 6 N–H and O–H groups in total. The van der Waals surface area contributed by atoms with Gasteiger partial charge in [-0.1, -0.05) is 18.2 Å². The maximum Gasteiger partial charge on any atom is 0.433 e. The fourth-order valence-corrected chi connectivity index (χ4v) is 18.2. The Bertz CT molecular complexity index is 5230. The first-order valence-electron chi connectivity index (χ1n) is 40.6. The molecule has 4 atom stereocenters. The van der Waals surface area contributed by atoms with Gasteiger partial charge in [0.05, 0.1) is 70.7 Å². The zero-order valence-electron chi connectivity index (χ0n) is 66.2. The predicted octanol–water partition coefficient (Wildman–Crippen LogP) is 10.5. The Morgan fingerprint density at radius 1 is 0.697 bits per heavy atom. The van der Waals surface area contributed by atoms with Gasteiger partial charge in [0.25, 0.3) is 41.4 Å². The Morgan fingerprint density at radius 3 is 2.01 bits per heavy atom. The number of imide groups is 4. The number of hydrogen-bond acceptors (Lipinski definition) is 22. The average Bonchev–Trinajstić information content (AvgIpc) is 1.61. The number of methoxy groups -OCH3 is 1. The number of carbonyl (C=O) groups is 10. The number of hydrogen-bond donors (Lipinski definition) is 6. The monoisotopic (exact) mass is 1640 g/mol. The molecule has 2 saturated carbocycles. The molecule has 10 heterocycles. The van der Waals surface area contributed by atoms with Gasteiger partial charge in [0.15, 0.2) is 0 Å². The molecule has 4 saturated heterocycles. The summed E-state index contributed by atoms with van der Waals surface area (Å²) in [5.41, 5.74) is 0.604. The van der Waals surface area contributed by atoms with E-state index in [1.165, 1.54) is 25.3 Å². The highest BCUT2D eigenvalue weighted by Crippen LogP contribution is 2.46. The number of piperidine rings is 3. The van der Waals surface area contributed by atoms with Crippen LogP contribution in [0.25, 0.3) is 10.9 Å². The standard InChI is InChI=1S/C85H92F5N15O14/c1-83(45-100(3)27-8-31-117-53-37-51(38-53)92-57-12-6-10-55-74(57)82(115)105(80(55)113)64-20-22-72(107)98-78(64)111)41-49-34-60(95-75(108)58-13-7-14-69(93-58)85(88,89)90)65(40-66(49)119-83)102-30-32-118-68(44-102)48-33-62(94-70(36-48)84(2,86)87)76(109)96-61-35-50-43-103(99-59(50)39-67(61)116-4)52-17-15-47(16-18-52)42-101-28-24-46(25-29-101)23-26-91-56-11-5-9-54-73(56)81(114)104(79(54)112)63-19-21-71(106)97-77(63)110/h5-7,9-14,33-36,39-40,43,46-47,51-53,63-64,68,91-92H,8,15-32,37-38,41-42,44-45H2,1-4H3,(H,95,108)(H,96,109)(H,97,106,110)(H,98,107,111)/t47?,51?,52?,53?,63-,64?,68?,83+/m0/s1. The number of amides is 10. The van der Waals surface area contributed by atoms with Gasteiger partial charge in [-0.15, -0.1) is 0 Å². The Balaban J connectivity index is 0.528. The molecule has 0 bridgehead atoms. The molecule has 2 aliphatic carbocycles. The molecule has 0 radical (unpaired) electrons. The van der Waals surface area contributed by atoms with Crippen LogP contribution >= 0.6 is 0 Å². The maximum atomic E-state index is 15.7. The second-order valence-electron chi connectivity index (χ2n) is 33.0. The molecule has 16 rings (SSSR count). The van der Waals surface area contributed by atoms with Crippen LogP contribution in [0.5, 0.6) is 11.5 Å². The predicted molar refractivity (Wildman–Crippen MR) is 423 cm³/mol. The lowest BCUT2D eigenvalue weighted by Gasteiger charge is -2.37. The lowest BCUT2D eigenvalue weighted by Crippen LogP contribution is -2.54. The van der Waals surface area contributed by atoms with Crippen LogP contribution in [0.4, 0.5) is 50.4 Å². The summed E-state index contributed by atoms with van der Waals surface area (Å²) in [7, 11) is 3.40. The summed E-state index contributed by atoms with van der Waals surface area (Å²) in [6.07, 6.45) is 5.28. The quantitative estimate of drug-likeness (QED) is 0.0167. The van der Waals surface area contributed by atoms with Crippen molar-refractivity contribution in [2.24, 2.45) is 11.8 Å². The van der Waals surface area contributed by atoms with E-state index in [-0.39, 0.29) is 114 Å². The van der Waals surface area contributed by atoms with E-state index in [0.29, 0.717) is 110 Å². The third-order valence-electron chi connectivity index (χ3n) is 24.3. The summed E-state index contributed by atoms with van der Waals surface area (Å²) in [4.78, 5) is 148. The summed E-state index contributed by atoms with van der Waals surface area (Å²) in [5, 5.41) is 22.6. The van der Waals surface area contributed by atoms with Crippen LogP contribution in [-0.4, -0.2) is 208 Å². The minimum atomic E-state index is -4.84. The molecule has 9 aliphatic rings. The van der Waals surface area contributed by atoms with Crippen LogP contribution in [-0.2, 0) is 47.2 Å². The minimum Gasteiger partial charge on any atom is -0.494 e. The van der Waals surface area contributed by atoms with Gasteiger partial charge < -0.3 is 54.9 Å². The molecule has 3 aromatic heterocycles. The van der Waals surface area contributed by atoms with Gasteiger partial charge in [0.1, 0.15) is 58.1 Å². The average molecular weight is 1640 g/mol. The number of halogens is 5. The number of nitrogens with zero attached hydrogens (tertiary/aromatic N) is 9. The van der Waals surface area contributed by atoms with Gasteiger partial charge in [-0.3, -0.25) is 73.1 Å². The number of ether oxygens (including phenoxy) is 4. The van der Waals surface area contributed by atoms with Crippen molar-refractivity contribution >= 4 is 98.4 Å². The van der Waals surface area contributed by atoms with Crippen molar-refractivity contribution in [1.82, 2.24) is 50.0 Å². The molecule has 29 nitrogen and oxygen atoms in total. The smallest absolute Gasteiger partial charge is 0.433 e. The molecular weight excluding hydrogens is 1550 g/mol. The number of nitrogens with one attached hydrogen (secondary N) is 6. The van der Waals surface area contributed by atoms with Crippen LogP contribution in [0.3, 0.4) is 0 Å². The highest BCUT2D eigenvalue weighted by atomic mass is 19.4. The number of benzene rings is 4. The zero-order chi connectivity index (χ0) is 83.5. The number of aromatic nitrogens is 4. The molecule has 34 heteroatoms. The van der Waals surface area contributed by atoms with Crippen molar-refractivity contribution in [3.63, 3.8) is 0 Å². The lowest BCUT2D eigenvalue weighted by atomic mass is 9.85. The number of carbonyl (C=O) groups excluding carboxylic acids is 10. The second-order valence-corrected chi connectivity index (χ2v) is 33.0. The van der Waals surface area contributed by atoms with Gasteiger partial charge in [-0.2, -0.15) is 27.1 Å². The molecule has 0 spiro atoms. The van der Waals surface area contributed by atoms with E-state index in [2.05, 4.69) is 51.7 Å². The van der Waals surface area contributed by atoms with Gasteiger partial charge >= 0.3 is 6.18 Å². The molecule has 10 amide bonds. The van der Waals surface area contributed by atoms with Crippen LogP contribution in [0.1, 0.15) is 201 Å². The molecule has 7 aliphatic heterocycles. The lowest BCUT2D eigenvalue weighted by molar-refractivity contribution is -0.141.